The number of rotatable bonds is 4. The minimum absolute atomic E-state index is 0.110. The topological polar surface area (TPSA) is 91.9 Å². The van der Waals surface area contributed by atoms with Crippen molar-refractivity contribution in [2.24, 2.45) is 0 Å². The van der Waals surface area contributed by atoms with E-state index in [9.17, 15) is 9.90 Å². The Hall–Kier alpha value is -3.91. The minimum Gasteiger partial charge on any atom is -0.507 e. The summed E-state index contributed by atoms with van der Waals surface area (Å²) in [5.41, 5.74) is 0.682. The largest absolute Gasteiger partial charge is 0.507 e. The third kappa shape index (κ3) is 4.38. The predicted molar refractivity (Wildman–Crippen MR) is 126 cm³/mol. The van der Waals surface area contributed by atoms with E-state index in [2.05, 4.69) is 26.8 Å². The fraction of sp³-hybridized carbons (Fsp3) is 0.240. The van der Waals surface area contributed by atoms with Gasteiger partial charge in [-0.15, -0.1) is 0 Å². The van der Waals surface area contributed by atoms with E-state index in [1.165, 1.54) is 12.1 Å². The van der Waals surface area contributed by atoms with E-state index in [-0.39, 0.29) is 22.1 Å². The van der Waals surface area contributed by atoms with Crippen LogP contribution in [0, 0.1) is 6.92 Å². The molecule has 1 N–H and O–H groups in total. The smallest absolute Gasteiger partial charge is 0.224 e. The Morgan fingerprint density at radius 2 is 1.76 bits per heavy atom. The van der Waals surface area contributed by atoms with Crippen molar-refractivity contribution in [2.75, 3.05) is 38.1 Å². The van der Waals surface area contributed by atoms with E-state index in [1.54, 1.807) is 12.1 Å². The zero-order valence-corrected chi connectivity index (χ0v) is 18.5. The third-order valence-corrected chi connectivity index (χ3v) is 5.69. The van der Waals surface area contributed by atoms with Crippen LogP contribution in [0.25, 0.3) is 22.3 Å². The molecule has 8 heteroatoms. The fourth-order valence-corrected chi connectivity index (χ4v) is 3.94. The molecule has 33 heavy (non-hydrogen) atoms. The van der Waals surface area contributed by atoms with Gasteiger partial charge in [0.2, 0.25) is 5.88 Å². The van der Waals surface area contributed by atoms with Crippen LogP contribution < -0.4 is 15.1 Å². The number of fused-ring (bicyclic) bond motifs is 1. The van der Waals surface area contributed by atoms with E-state index in [1.807, 2.05) is 37.3 Å². The molecule has 168 valence electrons. The minimum atomic E-state index is -0.325. The maximum Gasteiger partial charge on any atom is 0.224 e. The van der Waals surface area contributed by atoms with Crippen LogP contribution in [0.15, 0.2) is 63.8 Å². The molecule has 0 spiro atoms. The first-order valence-corrected chi connectivity index (χ1v) is 10.8. The van der Waals surface area contributed by atoms with Crippen molar-refractivity contribution in [3.05, 3.63) is 70.6 Å². The molecule has 0 amide bonds. The van der Waals surface area contributed by atoms with E-state index in [0.717, 1.165) is 37.6 Å². The lowest BCUT2D eigenvalue weighted by Gasteiger charge is -2.33. The number of aromatic hydroxyl groups is 1. The molecule has 1 saturated heterocycles. The maximum absolute atomic E-state index is 12.7. The lowest BCUT2D eigenvalue weighted by atomic mass is 10.1. The molecule has 2 aromatic carbocycles. The number of anilines is 1. The van der Waals surface area contributed by atoms with Crippen molar-refractivity contribution < 1.29 is 14.3 Å². The number of phenolic OH excluding ortho intramolecular Hbond substituents is 1. The van der Waals surface area contributed by atoms with E-state index in [4.69, 9.17) is 9.15 Å². The molecule has 1 aliphatic heterocycles. The number of ether oxygens (including phenoxy) is 1. The molecule has 2 aromatic heterocycles. The normalized spacial score (nSPS) is 14.5. The van der Waals surface area contributed by atoms with Gasteiger partial charge >= 0.3 is 0 Å². The van der Waals surface area contributed by atoms with Gasteiger partial charge < -0.3 is 24.1 Å². The third-order valence-electron chi connectivity index (χ3n) is 5.69. The quantitative estimate of drug-likeness (QED) is 0.508. The number of aromatic nitrogens is 2. The lowest BCUT2D eigenvalue weighted by molar-refractivity contribution is 0.311. The van der Waals surface area contributed by atoms with Gasteiger partial charge in [0.25, 0.3) is 0 Å². The number of phenols is 1. The Bertz CT molecular complexity index is 1360. The molecular formula is C25H24N4O4. The SMILES string of the molecule is Cc1nc(Oc2cc(O)c3c(=O)cc(-c4ccccc4)oc3c2)cc(N2CCN(C)CC2)n1. The summed E-state index contributed by atoms with van der Waals surface area (Å²) >= 11 is 0. The molecule has 0 unspecified atom stereocenters. The van der Waals surface area contributed by atoms with Gasteiger partial charge in [0, 0.05) is 56.0 Å². The van der Waals surface area contributed by atoms with Gasteiger partial charge in [-0.25, -0.2) is 4.98 Å². The van der Waals surface area contributed by atoms with Crippen molar-refractivity contribution >= 4 is 16.8 Å². The molecule has 0 bridgehead atoms. The Morgan fingerprint density at radius 1 is 1.00 bits per heavy atom. The summed E-state index contributed by atoms with van der Waals surface area (Å²) in [6.07, 6.45) is 0. The molecule has 0 saturated carbocycles. The Balaban J connectivity index is 1.50. The van der Waals surface area contributed by atoms with Crippen LogP contribution in [0.1, 0.15) is 5.82 Å². The van der Waals surface area contributed by atoms with Gasteiger partial charge in [-0.2, -0.15) is 4.98 Å². The molecule has 0 radical (unpaired) electrons. The van der Waals surface area contributed by atoms with Gasteiger partial charge in [0.15, 0.2) is 5.43 Å². The van der Waals surface area contributed by atoms with E-state index < -0.39 is 0 Å². The number of hydrogen-bond acceptors (Lipinski definition) is 8. The van der Waals surface area contributed by atoms with Gasteiger partial charge in [-0.1, -0.05) is 30.3 Å². The fourth-order valence-electron chi connectivity index (χ4n) is 3.94. The first-order chi connectivity index (χ1) is 16.0. The monoisotopic (exact) mass is 444 g/mol. The number of hydrogen-bond donors (Lipinski definition) is 1. The van der Waals surface area contributed by atoms with Crippen molar-refractivity contribution in [1.82, 2.24) is 14.9 Å². The maximum atomic E-state index is 12.7. The second-order valence-corrected chi connectivity index (χ2v) is 8.16. The van der Waals surface area contributed by atoms with Crippen molar-refractivity contribution in [3.63, 3.8) is 0 Å². The number of aryl methyl sites for hydroxylation is 1. The average molecular weight is 444 g/mol. The number of nitrogens with zero attached hydrogens (tertiary/aromatic N) is 4. The number of benzene rings is 2. The van der Waals surface area contributed by atoms with Crippen LogP contribution in [0.3, 0.4) is 0 Å². The first-order valence-electron chi connectivity index (χ1n) is 10.8. The van der Waals surface area contributed by atoms with Crippen LogP contribution in [-0.2, 0) is 0 Å². The number of piperazine rings is 1. The Kier molecular flexibility index (Phi) is 5.43. The summed E-state index contributed by atoms with van der Waals surface area (Å²) in [7, 11) is 2.10. The molecule has 1 aliphatic rings. The molecule has 1 fully saturated rings. The van der Waals surface area contributed by atoms with Crippen molar-refractivity contribution in [2.45, 2.75) is 6.92 Å². The number of likely N-dealkylation sites (N-methyl/N-ethyl adjacent to an activating group) is 1. The predicted octanol–water partition coefficient (Wildman–Crippen LogP) is 3.81. The van der Waals surface area contributed by atoms with Crippen molar-refractivity contribution in [3.8, 4) is 28.7 Å². The molecule has 8 nitrogen and oxygen atoms in total. The van der Waals surface area contributed by atoms with Crippen molar-refractivity contribution in [1.29, 1.82) is 0 Å². The molecule has 4 aromatic rings. The summed E-state index contributed by atoms with van der Waals surface area (Å²) in [5.74, 6) is 2.27. The van der Waals surface area contributed by atoms with Gasteiger partial charge in [0.05, 0.1) is 0 Å². The summed E-state index contributed by atoms with van der Waals surface area (Å²) in [5, 5.41) is 10.6. The molecule has 0 atom stereocenters. The van der Waals surface area contributed by atoms with Crippen LogP contribution in [0.2, 0.25) is 0 Å². The Morgan fingerprint density at radius 3 is 2.52 bits per heavy atom. The van der Waals surface area contributed by atoms with Crippen LogP contribution >= 0.6 is 0 Å². The molecule has 3 heterocycles. The standard InChI is InChI=1S/C25H24N4O4/c1-16-26-23(29-10-8-28(2)9-11-29)15-24(27-16)32-18-12-19(30)25-20(31)14-21(33-22(25)13-18)17-6-4-3-5-7-17/h3-7,12-15,30H,8-11H2,1-2H3. The van der Waals surface area contributed by atoms with Crippen LogP contribution in [0.4, 0.5) is 5.82 Å². The lowest BCUT2D eigenvalue weighted by Crippen LogP contribution is -2.44. The van der Waals surface area contributed by atoms with Crippen LogP contribution in [-0.4, -0.2) is 53.2 Å². The highest BCUT2D eigenvalue weighted by Crippen LogP contribution is 2.33. The van der Waals surface area contributed by atoms with Crippen LogP contribution in [0.5, 0.6) is 17.4 Å². The second-order valence-electron chi connectivity index (χ2n) is 8.16. The summed E-state index contributed by atoms with van der Waals surface area (Å²) < 4.78 is 11.9. The van der Waals surface area contributed by atoms with Gasteiger partial charge in [-0.05, 0) is 14.0 Å². The first kappa shape index (κ1) is 21.0. The van der Waals surface area contributed by atoms with E-state index >= 15 is 0 Å². The summed E-state index contributed by atoms with van der Waals surface area (Å²) in [6.45, 7) is 5.48. The second kappa shape index (κ2) is 8.55. The molecule has 0 aliphatic carbocycles. The highest BCUT2D eigenvalue weighted by Gasteiger charge is 2.18. The van der Waals surface area contributed by atoms with Gasteiger partial charge in [0.1, 0.15) is 39.9 Å². The summed E-state index contributed by atoms with van der Waals surface area (Å²) in [4.78, 5) is 26.1. The molecule has 5 rings (SSSR count). The average Bonchev–Trinajstić information content (AvgIpc) is 2.79. The zero-order chi connectivity index (χ0) is 22.9. The highest BCUT2D eigenvalue weighted by atomic mass is 16.5. The Labute approximate surface area is 190 Å². The van der Waals surface area contributed by atoms with Gasteiger partial charge in [-0.3, -0.25) is 4.79 Å². The van der Waals surface area contributed by atoms with E-state index in [0.29, 0.717) is 23.2 Å². The molecular weight excluding hydrogens is 420 g/mol. The summed E-state index contributed by atoms with van der Waals surface area (Å²) in [6, 6.07) is 15.5. The zero-order valence-electron chi connectivity index (χ0n) is 18.5. The highest BCUT2D eigenvalue weighted by molar-refractivity contribution is 5.86.